The summed E-state index contributed by atoms with van der Waals surface area (Å²) in [5.41, 5.74) is 1.84. The summed E-state index contributed by atoms with van der Waals surface area (Å²) >= 11 is 0. The standard InChI is InChI=1S/C27H32N2O6/c1-18-16-19(2)29-26(28-18)35-24(25(30)31)27(34-5,21-11-7-6-8-12-21)15-9-10-20-13-14-22(32-3)23(17-20)33-4/h6-8,11-14,16-17,24H,9-10,15H2,1-5H3,(H,30,31). The van der Waals surface area contributed by atoms with E-state index < -0.39 is 17.7 Å². The van der Waals surface area contributed by atoms with Crippen LogP contribution in [0.4, 0.5) is 0 Å². The molecule has 0 aliphatic rings. The second-order valence-corrected chi connectivity index (χ2v) is 8.27. The van der Waals surface area contributed by atoms with Crippen LogP contribution in [0, 0.1) is 13.8 Å². The van der Waals surface area contributed by atoms with Crippen molar-refractivity contribution in [2.45, 2.75) is 44.8 Å². The molecule has 0 saturated carbocycles. The molecule has 0 fully saturated rings. The molecule has 2 atom stereocenters. The van der Waals surface area contributed by atoms with Gasteiger partial charge in [0.15, 0.2) is 11.5 Å². The average Bonchev–Trinajstić information content (AvgIpc) is 2.85. The number of carbonyl (C=O) groups is 1. The normalized spacial score (nSPS) is 13.5. The molecule has 2 unspecified atom stereocenters. The van der Waals surface area contributed by atoms with Crippen molar-refractivity contribution in [3.8, 4) is 17.5 Å². The number of methoxy groups -OCH3 is 3. The predicted octanol–water partition coefficient (Wildman–Crippen LogP) is 4.51. The SMILES string of the molecule is COc1ccc(CCCC(OC)(c2ccccc2)C(Oc2nc(C)cc(C)n2)C(=O)O)cc1OC. The Morgan fingerprint density at radius 1 is 0.943 bits per heavy atom. The van der Waals surface area contributed by atoms with E-state index in [2.05, 4.69) is 9.97 Å². The Balaban J connectivity index is 1.93. The summed E-state index contributed by atoms with van der Waals surface area (Å²) in [5, 5.41) is 10.3. The lowest BCUT2D eigenvalue weighted by Crippen LogP contribution is -2.50. The summed E-state index contributed by atoms with van der Waals surface area (Å²) in [6.07, 6.45) is 0.300. The van der Waals surface area contributed by atoms with Gasteiger partial charge in [-0.25, -0.2) is 14.8 Å². The van der Waals surface area contributed by atoms with Gasteiger partial charge in [0.1, 0.15) is 5.60 Å². The Hall–Kier alpha value is -3.65. The van der Waals surface area contributed by atoms with Crippen molar-refractivity contribution < 1.29 is 28.8 Å². The molecule has 0 saturated heterocycles. The highest BCUT2D eigenvalue weighted by atomic mass is 16.6. The molecule has 0 spiro atoms. The molecule has 0 radical (unpaired) electrons. The van der Waals surface area contributed by atoms with Gasteiger partial charge in [-0.1, -0.05) is 36.4 Å². The van der Waals surface area contributed by atoms with E-state index in [-0.39, 0.29) is 6.01 Å². The summed E-state index contributed by atoms with van der Waals surface area (Å²) in [4.78, 5) is 21.1. The van der Waals surface area contributed by atoms with Crippen LogP contribution in [-0.2, 0) is 21.6 Å². The van der Waals surface area contributed by atoms with Crippen molar-refractivity contribution in [1.82, 2.24) is 9.97 Å². The fourth-order valence-corrected chi connectivity index (χ4v) is 4.26. The average molecular weight is 481 g/mol. The number of aryl methyl sites for hydroxylation is 3. The van der Waals surface area contributed by atoms with Crippen molar-refractivity contribution in [1.29, 1.82) is 0 Å². The molecule has 2 aromatic carbocycles. The molecule has 0 amide bonds. The molecule has 8 heteroatoms. The van der Waals surface area contributed by atoms with Gasteiger partial charge >= 0.3 is 12.0 Å². The van der Waals surface area contributed by atoms with E-state index in [4.69, 9.17) is 18.9 Å². The van der Waals surface area contributed by atoms with Crippen molar-refractivity contribution in [3.05, 3.63) is 77.1 Å². The number of carboxylic acid groups (broad SMARTS) is 1. The monoisotopic (exact) mass is 480 g/mol. The number of benzene rings is 2. The molecular formula is C27H32N2O6. The van der Waals surface area contributed by atoms with Crippen LogP contribution in [0.2, 0.25) is 0 Å². The van der Waals surface area contributed by atoms with Crippen LogP contribution in [0.3, 0.4) is 0 Å². The van der Waals surface area contributed by atoms with Crippen LogP contribution in [0.25, 0.3) is 0 Å². The Labute approximate surface area is 205 Å². The van der Waals surface area contributed by atoms with Gasteiger partial charge in [-0.2, -0.15) is 0 Å². The quantitative estimate of drug-likeness (QED) is 0.404. The van der Waals surface area contributed by atoms with Crippen molar-refractivity contribution in [2.75, 3.05) is 21.3 Å². The molecule has 0 aliphatic heterocycles. The van der Waals surface area contributed by atoms with Gasteiger partial charge in [0.2, 0.25) is 6.10 Å². The van der Waals surface area contributed by atoms with Crippen LogP contribution < -0.4 is 14.2 Å². The minimum Gasteiger partial charge on any atom is -0.493 e. The van der Waals surface area contributed by atoms with E-state index in [1.807, 2.05) is 48.5 Å². The number of carboxylic acids is 1. The van der Waals surface area contributed by atoms with E-state index in [0.717, 1.165) is 5.56 Å². The van der Waals surface area contributed by atoms with E-state index in [9.17, 15) is 9.90 Å². The van der Waals surface area contributed by atoms with E-state index in [1.165, 1.54) is 7.11 Å². The van der Waals surface area contributed by atoms with Gasteiger partial charge in [-0.15, -0.1) is 0 Å². The van der Waals surface area contributed by atoms with Crippen LogP contribution >= 0.6 is 0 Å². The number of ether oxygens (including phenoxy) is 4. The lowest BCUT2D eigenvalue weighted by molar-refractivity contribution is -0.168. The van der Waals surface area contributed by atoms with Crippen LogP contribution in [-0.4, -0.2) is 48.5 Å². The first-order valence-corrected chi connectivity index (χ1v) is 11.4. The van der Waals surface area contributed by atoms with Gasteiger partial charge in [0.25, 0.3) is 0 Å². The van der Waals surface area contributed by atoms with Gasteiger partial charge in [-0.05, 0) is 62.4 Å². The molecule has 0 aliphatic carbocycles. The zero-order chi connectivity index (χ0) is 25.4. The zero-order valence-electron chi connectivity index (χ0n) is 20.8. The van der Waals surface area contributed by atoms with Crippen molar-refractivity contribution >= 4 is 5.97 Å². The molecule has 1 N–H and O–H groups in total. The van der Waals surface area contributed by atoms with Crippen LogP contribution in [0.15, 0.2) is 54.6 Å². The third-order valence-electron chi connectivity index (χ3n) is 5.92. The molecular weight excluding hydrogens is 448 g/mol. The maximum Gasteiger partial charge on any atom is 0.348 e. The molecule has 1 heterocycles. The molecule has 1 aromatic heterocycles. The Morgan fingerprint density at radius 3 is 2.17 bits per heavy atom. The molecule has 35 heavy (non-hydrogen) atoms. The summed E-state index contributed by atoms with van der Waals surface area (Å²) in [6, 6.07) is 16.8. The third kappa shape index (κ3) is 6.08. The van der Waals surface area contributed by atoms with E-state index >= 15 is 0 Å². The van der Waals surface area contributed by atoms with Crippen LogP contribution in [0.1, 0.15) is 35.4 Å². The van der Waals surface area contributed by atoms with Crippen molar-refractivity contribution in [2.24, 2.45) is 0 Å². The number of hydrogen-bond donors (Lipinski definition) is 1. The zero-order valence-corrected chi connectivity index (χ0v) is 20.8. The molecule has 0 bridgehead atoms. The fraction of sp³-hybridized carbons (Fsp3) is 0.370. The van der Waals surface area contributed by atoms with Crippen LogP contribution in [0.5, 0.6) is 17.5 Å². The number of aromatic nitrogens is 2. The number of nitrogens with zero attached hydrogens (tertiary/aromatic N) is 2. The fourth-order valence-electron chi connectivity index (χ4n) is 4.26. The number of hydrogen-bond acceptors (Lipinski definition) is 7. The third-order valence-corrected chi connectivity index (χ3v) is 5.92. The smallest absolute Gasteiger partial charge is 0.348 e. The van der Waals surface area contributed by atoms with Gasteiger partial charge in [0, 0.05) is 18.5 Å². The van der Waals surface area contributed by atoms with Gasteiger partial charge < -0.3 is 24.1 Å². The number of rotatable bonds is 12. The molecule has 3 aromatic rings. The second kappa shape index (κ2) is 11.7. The Bertz CT molecular complexity index is 1120. The van der Waals surface area contributed by atoms with Gasteiger partial charge in [0.05, 0.1) is 14.2 Å². The lowest BCUT2D eigenvalue weighted by atomic mass is 9.82. The van der Waals surface area contributed by atoms with E-state index in [0.29, 0.717) is 47.7 Å². The highest BCUT2D eigenvalue weighted by Crippen LogP contribution is 2.37. The summed E-state index contributed by atoms with van der Waals surface area (Å²) in [7, 11) is 4.69. The number of aliphatic carboxylic acids is 1. The maximum absolute atomic E-state index is 12.5. The first-order valence-electron chi connectivity index (χ1n) is 11.4. The minimum absolute atomic E-state index is 0.00662. The summed E-state index contributed by atoms with van der Waals surface area (Å²) in [6.45, 7) is 3.61. The molecule has 8 nitrogen and oxygen atoms in total. The summed E-state index contributed by atoms with van der Waals surface area (Å²) < 4.78 is 22.7. The van der Waals surface area contributed by atoms with E-state index in [1.54, 1.807) is 34.1 Å². The lowest BCUT2D eigenvalue weighted by Gasteiger charge is -2.37. The highest BCUT2D eigenvalue weighted by Gasteiger charge is 2.47. The Morgan fingerprint density at radius 2 is 1.60 bits per heavy atom. The summed E-state index contributed by atoms with van der Waals surface area (Å²) in [5.74, 6) is 0.133. The highest BCUT2D eigenvalue weighted by molar-refractivity contribution is 5.75. The minimum atomic E-state index is -1.37. The predicted molar refractivity (Wildman–Crippen MR) is 131 cm³/mol. The topological polar surface area (TPSA) is 100 Å². The van der Waals surface area contributed by atoms with Gasteiger partial charge in [-0.3, -0.25) is 0 Å². The molecule has 3 rings (SSSR count). The first kappa shape index (κ1) is 26.0. The first-order chi connectivity index (χ1) is 16.8. The maximum atomic E-state index is 12.5. The largest absolute Gasteiger partial charge is 0.493 e. The molecule has 186 valence electrons. The van der Waals surface area contributed by atoms with Crippen molar-refractivity contribution in [3.63, 3.8) is 0 Å². The Kier molecular flexibility index (Phi) is 8.65. The second-order valence-electron chi connectivity index (χ2n) is 8.27.